The number of likely N-dealkylation sites (tertiary alicyclic amines) is 1. The minimum absolute atomic E-state index is 0.00639. The third kappa shape index (κ3) is 4.27. The molecular weight excluding hydrogens is 328 g/mol. The maximum absolute atomic E-state index is 12.3. The highest BCUT2D eigenvalue weighted by Crippen LogP contribution is 2.23. The first-order chi connectivity index (χ1) is 11.4. The first-order valence-corrected chi connectivity index (χ1v) is 8.02. The molecule has 2 rings (SSSR count). The highest BCUT2D eigenvalue weighted by molar-refractivity contribution is 6.31. The fourth-order valence-corrected chi connectivity index (χ4v) is 2.74. The van der Waals surface area contributed by atoms with Gasteiger partial charge in [0.25, 0.3) is 5.91 Å². The van der Waals surface area contributed by atoms with E-state index in [1.807, 2.05) is 11.0 Å². The molecule has 2 amide bonds. The molecule has 24 heavy (non-hydrogen) atoms. The topological polar surface area (TPSA) is 99.2 Å². The summed E-state index contributed by atoms with van der Waals surface area (Å²) < 4.78 is 0. The van der Waals surface area contributed by atoms with E-state index < -0.39 is 5.91 Å². The molecule has 0 aliphatic carbocycles. The van der Waals surface area contributed by atoms with Crippen LogP contribution in [0, 0.1) is 24.2 Å². The van der Waals surface area contributed by atoms with Gasteiger partial charge in [-0.05, 0) is 37.5 Å². The number of rotatable bonds is 4. The zero-order valence-corrected chi connectivity index (χ0v) is 14.1. The van der Waals surface area contributed by atoms with Crippen molar-refractivity contribution in [2.24, 2.45) is 11.7 Å². The lowest BCUT2D eigenvalue weighted by Crippen LogP contribution is -2.36. The van der Waals surface area contributed by atoms with Gasteiger partial charge in [-0.25, -0.2) is 0 Å². The van der Waals surface area contributed by atoms with E-state index in [9.17, 15) is 14.9 Å². The molecule has 0 atom stereocenters. The second-order valence-electron chi connectivity index (χ2n) is 5.73. The molecule has 126 valence electrons. The van der Waals surface area contributed by atoms with Gasteiger partial charge < -0.3 is 16.0 Å². The molecule has 0 aromatic heterocycles. The zero-order valence-electron chi connectivity index (χ0n) is 13.4. The van der Waals surface area contributed by atoms with Crippen molar-refractivity contribution in [3.05, 3.63) is 40.6 Å². The van der Waals surface area contributed by atoms with E-state index >= 15 is 0 Å². The van der Waals surface area contributed by atoms with E-state index in [4.69, 9.17) is 17.3 Å². The minimum Gasteiger partial charge on any atom is -0.376 e. The van der Waals surface area contributed by atoms with Crippen LogP contribution in [0.15, 0.2) is 30.0 Å². The van der Waals surface area contributed by atoms with Crippen molar-refractivity contribution in [2.45, 2.75) is 19.8 Å². The van der Waals surface area contributed by atoms with Gasteiger partial charge in [-0.1, -0.05) is 17.7 Å². The number of carbonyl (C=O) groups excluding carboxylic acids is 2. The first kappa shape index (κ1) is 17.8. The first-order valence-electron chi connectivity index (χ1n) is 7.64. The zero-order chi connectivity index (χ0) is 17.7. The fourth-order valence-electron chi connectivity index (χ4n) is 2.57. The van der Waals surface area contributed by atoms with Crippen LogP contribution in [-0.4, -0.2) is 29.8 Å². The smallest absolute Gasteiger partial charge is 0.267 e. The molecule has 1 saturated heterocycles. The molecule has 7 heteroatoms. The molecular formula is C17H19ClN4O2. The van der Waals surface area contributed by atoms with E-state index in [0.29, 0.717) is 36.6 Å². The lowest BCUT2D eigenvalue weighted by Gasteiger charge is -2.29. The van der Waals surface area contributed by atoms with Crippen molar-refractivity contribution in [1.82, 2.24) is 4.90 Å². The molecule has 1 aliphatic rings. The van der Waals surface area contributed by atoms with E-state index in [2.05, 4.69) is 5.32 Å². The van der Waals surface area contributed by atoms with Crippen LogP contribution < -0.4 is 11.1 Å². The van der Waals surface area contributed by atoms with Crippen LogP contribution in [0.5, 0.6) is 0 Å². The molecule has 0 bridgehead atoms. The van der Waals surface area contributed by atoms with Crippen LogP contribution >= 0.6 is 11.6 Å². The van der Waals surface area contributed by atoms with Gasteiger partial charge in [-0.2, -0.15) is 5.26 Å². The number of carbonyl (C=O) groups is 2. The van der Waals surface area contributed by atoms with Gasteiger partial charge in [0.2, 0.25) is 5.91 Å². The van der Waals surface area contributed by atoms with Crippen LogP contribution in [0.1, 0.15) is 18.4 Å². The summed E-state index contributed by atoms with van der Waals surface area (Å²) in [6, 6.07) is 7.11. The third-order valence-electron chi connectivity index (χ3n) is 4.12. The number of hydrogen-bond acceptors (Lipinski definition) is 4. The number of piperidine rings is 1. The number of nitrogens with two attached hydrogens (primary N) is 1. The second-order valence-corrected chi connectivity index (χ2v) is 6.14. The SMILES string of the molecule is Cc1c(Cl)cccc1NC(=O)/C(C#N)=C\N1CCC(C(N)=O)CC1. The van der Waals surface area contributed by atoms with Crippen LogP contribution in [0.2, 0.25) is 5.02 Å². The number of nitrogens with zero attached hydrogens (tertiary/aromatic N) is 2. The van der Waals surface area contributed by atoms with Gasteiger partial charge in [0.05, 0.1) is 0 Å². The molecule has 0 radical (unpaired) electrons. The summed E-state index contributed by atoms with van der Waals surface area (Å²) in [5.41, 5.74) is 6.62. The van der Waals surface area contributed by atoms with Gasteiger partial charge in [0.15, 0.2) is 0 Å². The van der Waals surface area contributed by atoms with Crippen molar-refractivity contribution in [3.63, 3.8) is 0 Å². The summed E-state index contributed by atoms with van der Waals surface area (Å²) in [5, 5.41) is 12.5. The van der Waals surface area contributed by atoms with Crippen molar-refractivity contribution in [1.29, 1.82) is 5.26 Å². The molecule has 1 fully saturated rings. The van der Waals surface area contributed by atoms with Crippen LogP contribution in [0.25, 0.3) is 0 Å². The molecule has 3 N–H and O–H groups in total. The maximum atomic E-state index is 12.3. The number of nitriles is 1. The highest BCUT2D eigenvalue weighted by atomic mass is 35.5. The van der Waals surface area contributed by atoms with E-state index in [-0.39, 0.29) is 17.4 Å². The largest absolute Gasteiger partial charge is 0.376 e. The summed E-state index contributed by atoms with van der Waals surface area (Å²) in [7, 11) is 0. The predicted octanol–water partition coefficient (Wildman–Crippen LogP) is 2.19. The number of anilines is 1. The molecule has 0 saturated carbocycles. The number of amides is 2. The molecule has 1 aliphatic heterocycles. The summed E-state index contributed by atoms with van der Waals surface area (Å²) in [6.45, 7) is 2.97. The Morgan fingerprint density at radius 1 is 1.42 bits per heavy atom. The third-order valence-corrected chi connectivity index (χ3v) is 4.53. The molecule has 6 nitrogen and oxygen atoms in total. The number of hydrogen-bond donors (Lipinski definition) is 2. The standard InChI is InChI=1S/C17H19ClN4O2/c1-11-14(18)3-2-4-15(11)21-17(24)13(9-19)10-22-7-5-12(6-8-22)16(20)23/h2-4,10,12H,5-8H2,1H3,(H2,20,23)(H,21,24)/b13-10-. The molecule has 1 aromatic rings. The predicted molar refractivity (Wildman–Crippen MR) is 92.0 cm³/mol. The summed E-state index contributed by atoms with van der Waals surface area (Å²) in [6.07, 6.45) is 2.78. The maximum Gasteiger partial charge on any atom is 0.267 e. The fraction of sp³-hybridized carbons (Fsp3) is 0.353. The van der Waals surface area contributed by atoms with Gasteiger partial charge in [-0.15, -0.1) is 0 Å². The minimum atomic E-state index is -0.486. The molecule has 0 unspecified atom stereocenters. The monoisotopic (exact) mass is 346 g/mol. The molecule has 1 heterocycles. The Morgan fingerprint density at radius 2 is 2.08 bits per heavy atom. The van der Waals surface area contributed by atoms with Crippen LogP contribution in [0.3, 0.4) is 0 Å². The normalized spacial score (nSPS) is 15.7. The van der Waals surface area contributed by atoms with Crippen molar-refractivity contribution in [3.8, 4) is 6.07 Å². The molecule has 1 aromatic carbocycles. The van der Waals surface area contributed by atoms with Gasteiger partial charge >= 0.3 is 0 Å². The van der Waals surface area contributed by atoms with Crippen LogP contribution in [-0.2, 0) is 9.59 Å². The van der Waals surface area contributed by atoms with E-state index in [1.165, 1.54) is 6.20 Å². The number of halogens is 1. The average molecular weight is 347 g/mol. The summed E-state index contributed by atoms with van der Waals surface area (Å²) in [5.74, 6) is -0.920. The lowest BCUT2D eigenvalue weighted by molar-refractivity contribution is -0.123. The van der Waals surface area contributed by atoms with E-state index in [0.717, 1.165) is 5.56 Å². The van der Waals surface area contributed by atoms with Crippen LogP contribution in [0.4, 0.5) is 5.69 Å². The quantitative estimate of drug-likeness (QED) is 0.644. The van der Waals surface area contributed by atoms with Gasteiger partial charge in [0.1, 0.15) is 11.6 Å². The van der Waals surface area contributed by atoms with Gasteiger partial charge in [-0.3, -0.25) is 9.59 Å². The Bertz CT molecular complexity index is 716. The van der Waals surface area contributed by atoms with Crippen molar-refractivity contribution in [2.75, 3.05) is 18.4 Å². The Kier molecular flexibility index (Phi) is 5.83. The Labute approximate surface area is 145 Å². The lowest BCUT2D eigenvalue weighted by atomic mass is 9.96. The van der Waals surface area contributed by atoms with E-state index in [1.54, 1.807) is 25.1 Å². The summed E-state index contributed by atoms with van der Waals surface area (Å²) in [4.78, 5) is 25.3. The highest BCUT2D eigenvalue weighted by Gasteiger charge is 2.22. The Balaban J connectivity index is 2.05. The average Bonchev–Trinajstić information content (AvgIpc) is 2.57. The van der Waals surface area contributed by atoms with Gasteiger partial charge in [0, 0.05) is 35.9 Å². The summed E-state index contributed by atoms with van der Waals surface area (Å²) >= 11 is 6.03. The number of primary amides is 1. The number of benzene rings is 1. The number of nitrogens with one attached hydrogen (secondary N) is 1. The Morgan fingerprint density at radius 3 is 2.67 bits per heavy atom. The van der Waals surface area contributed by atoms with Crippen molar-refractivity contribution < 1.29 is 9.59 Å². The van der Waals surface area contributed by atoms with Crippen molar-refractivity contribution >= 4 is 29.1 Å². The Hall–Kier alpha value is -2.52. The molecule has 0 spiro atoms. The second kappa shape index (κ2) is 7.84.